The standard InChI is InChI=1S/C11H12N4O2/c1-7-9(6-15(2)14-7)13-10-5-8(11(16)17)3-4-12-10/h3-6H,1-2H3,(H,12,13)(H,16,17). The second kappa shape index (κ2) is 4.25. The summed E-state index contributed by atoms with van der Waals surface area (Å²) in [5.41, 5.74) is 1.83. The summed E-state index contributed by atoms with van der Waals surface area (Å²) in [7, 11) is 1.82. The Kier molecular flexibility index (Phi) is 2.78. The number of nitrogens with one attached hydrogen (secondary N) is 1. The molecule has 0 spiro atoms. The van der Waals surface area contributed by atoms with Crippen molar-refractivity contribution < 1.29 is 9.90 Å². The number of aryl methyl sites for hydroxylation is 2. The first-order valence-electron chi connectivity index (χ1n) is 5.03. The minimum absolute atomic E-state index is 0.198. The van der Waals surface area contributed by atoms with Gasteiger partial charge in [-0.1, -0.05) is 0 Å². The van der Waals surface area contributed by atoms with Gasteiger partial charge in [-0.2, -0.15) is 5.10 Å². The van der Waals surface area contributed by atoms with Gasteiger partial charge in [-0.15, -0.1) is 0 Å². The van der Waals surface area contributed by atoms with E-state index in [4.69, 9.17) is 5.11 Å². The minimum Gasteiger partial charge on any atom is -0.478 e. The molecule has 0 atom stereocenters. The van der Waals surface area contributed by atoms with E-state index in [-0.39, 0.29) is 5.56 Å². The van der Waals surface area contributed by atoms with Crippen molar-refractivity contribution in [2.24, 2.45) is 7.05 Å². The van der Waals surface area contributed by atoms with Crippen LogP contribution in [0.2, 0.25) is 0 Å². The Morgan fingerprint density at radius 3 is 2.88 bits per heavy atom. The van der Waals surface area contributed by atoms with Crippen LogP contribution in [-0.4, -0.2) is 25.8 Å². The summed E-state index contributed by atoms with van der Waals surface area (Å²) in [6.45, 7) is 1.86. The van der Waals surface area contributed by atoms with E-state index >= 15 is 0 Å². The number of aromatic carboxylic acids is 1. The topological polar surface area (TPSA) is 80.0 Å². The molecule has 6 heteroatoms. The van der Waals surface area contributed by atoms with Gasteiger partial charge in [0.15, 0.2) is 0 Å². The summed E-state index contributed by atoms with van der Waals surface area (Å²) in [6.07, 6.45) is 3.27. The lowest BCUT2D eigenvalue weighted by atomic mass is 10.2. The third-order valence-corrected chi connectivity index (χ3v) is 2.28. The predicted molar refractivity (Wildman–Crippen MR) is 62.4 cm³/mol. The molecule has 0 aliphatic heterocycles. The van der Waals surface area contributed by atoms with E-state index in [9.17, 15) is 4.79 Å². The molecule has 2 aromatic heterocycles. The molecule has 2 rings (SSSR count). The van der Waals surface area contributed by atoms with Crippen LogP contribution in [-0.2, 0) is 7.05 Å². The number of rotatable bonds is 3. The zero-order valence-corrected chi connectivity index (χ0v) is 9.51. The molecule has 0 amide bonds. The lowest BCUT2D eigenvalue weighted by Crippen LogP contribution is -2.00. The summed E-state index contributed by atoms with van der Waals surface area (Å²) in [6, 6.07) is 2.93. The van der Waals surface area contributed by atoms with Crippen LogP contribution in [0, 0.1) is 6.92 Å². The molecule has 2 N–H and O–H groups in total. The van der Waals surface area contributed by atoms with Gasteiger partial charge in [0.25, 0.3) is 0 Å². The Morgan fingerprint density at radius 2 is 2.29 bits per heavy atom. The molecule has 0 aromatic carbocycles. The van der Waals surface area contributed by atoms with Gasteiger partial charge < -0.3 is 10.4 Å². The lowest BCUT2D eigenvalue weighted by molar-refractivity contribution is 0.0697. The van der Waals surface area contributed by atoms with Crippen molar-refractivity contribution in [1.29, 1.82) is 0 Å². The van der Waals surface area contributed by atoms with Crippen molar-refractivity contribution in [1.82, 2.24) is 14.8 Å². The number of pyridine rings is 1. The summed E-state index contributed by atoms with van der Waals surface area (Å²) in [5, 5.41) is 16.1. The fraction of sp³-hybridized carbons (Fsp3) is 0.182. The first-order chi connectivity index (χ1) is 8.06. The normalized spacial score (nSPS) is 10.2. The highest BCUT2D eigenvalue weighted by Gasteiger charge is 2.07. The van der Waals surface area contributed by atoms with Crippen molar-refractivity contribution in [3.05, 3.63) is 35.8 Å². The molecule has 0 aliphatic carbocycles. The third-order valence-electron chi connectivity index (χ3n) is 2.28. The van der Waals surface area contributed by atoms with Gasteiger partial charge in [0.2, 0.25) is 0 Å². The molecule has 0 unspecified atom stereocenters. The Bertz CT molecular complexity index is 562. The summed E-state index contributed by atoms with van der Waals surface area (Å²) in [4.78, 5) is 14.9. The van der Waals surface area contributed by atoms with E-state index in [0.717, 1.165) is 11.4 Å². The van der Waals surface area contributed by atoms with Crippen LogP contribution in [0.3, 0.4) is 0 Å². The van der Waals surface area contributed by atoms with Crippen LogP contribution in [0.25, 0.3) is 0 Å². The van der Waals surface area contributed by atoms with Crippen LogP contribution >= 0.6 is 0 Å². The molecule has 0 radical (unpaired) electrons. The first-order valence-corrected chi connectivity index (χ1v) is 5.03. The average molecular weight is 232 g/mol. The molecule has 2 aromatic rings. The van der Waals surface area contributed by atoms with E-state index < -0.39 is 5.97 Å². The number of aromatic nitrogens is 3. The number of hydrogen-bond acceptors (Lipinski definition) is 4. The van der Waals surface area contributed by atoms with Gasteiger partial charge in [-0.05, 0) is 19.1 Å². The van der Waals surface area contributed by atoms with Gasteiger partial charge in [0.05, 0.1) is 16.9 Å². The summed E-state index contributed by atoms with van der Waals surface area (Å²) in [5.74, 6) is -0.487. The highest BCUT2D eigenvalue weighted by molar-refractivity contribution is 5.88. The predicted octanol–water partition coefficient (Wildman–Crippen LogP) is 1.57. The Morgan fingerprint density at radius 1 is 1.53 bits per heavy atom. The third kappa shape index (κ3) is 2.41. The molecular formula is C11H12N4O2. The molecule has 0 aliphatic rings. The highest BCUT2D eigenvalue weighted by atomic mass is 16.4. The van der Waals surface area contributed by atoms with Gasteiger partial charge in [0, 0.05) is 19.4 Å². The number of carboxylic acid groups (broad SMARTS) is 1. The SMILES string of the molecule is Cc1nn(C)cc1Nc1cc(C(=O)O)ccn1. The molecule has 2 heterocycles. The minimum atomic E-state index is -0.974. The Labute approximate surface area is 97.9 Å². The molecule has 0 fully saturated rings. The maximum atomic E-state index is 10.8. The van der Waals surface area contributed by atoms with Crippen LogP contribution in [0.4, 0.5) is 11.5 Å². The largest absolute Gasteiger partial charge is 0.478 e. The average Bonchev–Trinajstić information content (AvgIpc) is 2.58. The fourth-order valence-corrected chi connectivity index (χ4v) is 1.49. The van der Waals surface area contributed by atoms with E-state index in [1.807, 2.05) is 20.2 Å². The molecule has 6 nitrogen and oxygen atoms in total. The number of carboxylic acids is 1. The van der Waals surface area contributed by atoms with Crippen LogP contribution < -0.4 is 5.32 Å². The van der Waals surface area contributed by atoms with E-state index in [1.54, 1.807) is 4.68 Å². The molecule has 88 valence electrons. The maximum Gasteiger partial charge on any atom is 0.335 e. The smallest absolute Gasteiger partial charge is 0.335 e. The second-order valence-electron chi connectivity index (χ2n) is 3.66. The van der Waals surface area contributed by atoms with Gasteiger partial charge in [-0.3, -0.25) is 4.68 Å². The summed E-state index contributed by atoms with van der Waals surface area (Å²) >= 11 is 0. The van der Waals surface area contributed by atoms with E-state index in [2.05, 4.69) is 15.4 Å². The Balaban J connectivity index is 2.27. The van der Waals surface area contributed by atoms with Crippen molar-refractivity contribution in [2.75, 3.05) is 5.32 Å². The highest BCUT2D eigenvalue weighted by Crippen LogP contribution is 2.17. The van der Waals surface area contributed by atoms with Crippen LogP contribution in [0.5, 0.6) is 0 Å². The van der Waals surface area contributed by atoms with Crippen molar-refractivity contribution >= 4 is 17.5 Å². The molecule has 0 saturated carbocycles. The maximum absolute atomic E-state index is 10.8. The van der Waals surface area contributed by atoms with Gasteiger partial charge in [0.1, 0.15) is 5.82 Å². The first kappa shape index (κ1) is 11.1. The van der Waals surface area contributed by atoms with Crippen LogP contribution in [0.15, 0.2) is 24.5 Å². The summed E-state index contributed by atoms with van der Waals surface area (Å²) < 4.78 is 1.68. The number of carbonyl (C=O) groups is 1. The van der Waals surface area contributed by atoms with Gasteiger partial charge >= 0.3 is 5.97 Å². The Hall–Kier alpha value is -2.37. The van der Waals surface area contributed by atoms with E-state index in [0.29, 0.717) is 5.82 Å². The zero-order chi connectivity index (χ0) is 12.4. The quantitative estimate of drug-likeness (QED) is 0.839. The van der Waals surface area contributed by atoms with Crippen LogP contribution in [0.1, 0.15) is 16.1 Å². The number of anilines is 2. The van der Waals surface area contributed by atoms with Crippen molar-refractivity contribution in [3.63, 3.8) is 0 Å². The molecule has 17 heavy (non-hydrogen) atoms. The zero-order valence-electron chi connectivity index (χ0n) is 9.51. The second-order valence-corrected chi connectivity index (χ2v) is 3.66. The lowest BCUT2D eigenvalue weighted by Gasteiger charge is -2.04. The number of hydrogen-bond donors (Lipinski definition) is 2. The molecular weight excluding hydrogens is 220 g/mol. The monoisotopic (exact) mass is 232 g/mol. The fourth-order valence-electron chi connectivity index (χ4n) is 1.49. The molecule has 0 bridgehead atoms. The van der Waals surface area contributed by atoms with Crippen molar-refractivity contribution in [3.8, 4) is 0 Å². The van der Waals surface area contributed by atoms with Gasteiger partial charge in [-0.25, -0.2) is 9.78 Å². The number of nitrogens with zero attached hydrogens (tertiary/aromatic N) is 3. The molecule has 0 saturated heterocycles. The van der Waals surface area contributed by atoms with Crippen molar-refractivity contribution in [2.45, 2.75) is 6.92 Å². The van der Waals surface area contributed by atoms with E-state index in [1.165, 1.54) is 18.3 Å².